The Kier molecular flexibility index (Phi) is 4.79. The molecule has 1 saturated heterocycles. The number of amides is 1. The number of likely N-dealkylation sites (tertiary alicyclic amines) is 1. The van der Waals surface area contributed by atoms with Gasteiger partial charge in [-0.05, 0) is 43.0 Å². The molecule has 1 aliphatic rings. The number of nitrogens with zero attached hydrogens (tertiary/aromatic N) is 1. The van der Waals surface area contributed by atoms with Crippen LogP contribution in [-0.2, 0) is 4.79 Å². The molecule has 2 atom stereocenters. The van der Waals surface area contributed by atoms with Crippen LogP contribution in [0.15, 0.2) is 30.3 Å². The average Bonchev–Trinajstić information content (AvgIpc) is 2.95. The summed E-state index contributed by atoms with van der Waals surface area (Å²) >= 11 is 0. The molecule has 0 bridgehead atoms. The van der Waals surface area contributed by atoms with E-state index in [0.29, 0.717) is 5.92 Å². The fourth-order valence-corrected chi connectivity index (χ4v) is 2.40. The van der Waals surface area contributed by atoms with E-state index < -0.39 is 0 Å². The Bertz CT molecular complexity index is 480. The van der Waals surface area contributed by atoms with Gasteiger partial charge < -0.3 is 15.4 Å². The first-order chi connectivity index (χ1) is 9.60. The molecule has 1 amide bonds. The summed E-state index contributed by atoms with van der Waals surface area (Å²) < 4.78 is 5.10. The van der Waals surface area contributed by atoms with E-state index in [1.807, 2.05) is 42.2 Å². The number of rotatable bonds is 4. The topological polar surface area (TPSA) is 55.6 Å². The molecule has 2 unspecified atom stereocenters. The van der Waals surface area contributed by atoms with Crippen LogP contribution in [0, 0.1) is 5.92 Å². The van der Waals surface area contributed by atoms with Crippen molar-refractivity contribution in [3.63, 3.8) is 0 Å². The van der Waals surface area contributed by atoms with Crippen molar-refractivity contribution in [2.24, 2.45) is 11.7 Å². The molecule has 1 aromatic carbocycles. The van der Waals surface area contributed by atoms with Gasteiger partial charge in [-0.25, -0.2) is 0 Å². The normalized spacial score (nSPS) is 20.4. The van der Waals surface area contributed by atoms with Crippen molar-refractivity contribution >= 4 is 12.0 Å². The molecule has 1 aliphatic heterocycles. The summed E-state index contributed by atoms with van der Waals surface area (Å²) in [5.41, 5.74) is 6.87. The van der Waals surface area contributed by atoms with Crippen molar-refractivity contribution in [1.29, 1.82) is 0 Å². The summed E-state index contributed by atoms with van der Waals surface area (Å²) in [6.45, 7) is 3.58. The van der Waals surface area contributed by atoms with Gasteiger partial charge in [-0.1, -0.05) is 12.1 Å². The molecular formula is C16H22N2O2. The zero-order chi connectivity index (χ0) is 14.5. The molecule has 4 heteroatoms. The van der Waals surface area contributed by atoms with Gasteiger partial charge in [0.15, 0.2) is 0 Å². The molecule has 1 aromatic rings. The molecule has 0 aromatic heterocycles. The van der Waals surface area contributed by atoms with E-state index >= 15 is 0 Å². The van der Waals surface area contributed by atoms with Crippen molar-refractivity contribution in [1.82, 2.24) is 4.90 Å². The standard InChI is InChI=1S/C16H22N2O2/c1-12(17)14-9-10-18(11-14)16(19)8-5-13-3-6-15(20-2)7-4-13/h3-8,12,14H,9-11,17H2,1-2H3/b8-5+. The predicted octanol–water partition coefficient (Wildman–Crippen LogP) is 1.90. The highest BCUT2D eigenvalue weighted by Gasteiger charge is 2.27. The molecule has 0 radical (unpaired) electrons. The van der Waals surface area contributed by atoms with Gasteiger partial charge in [0.05, 0.1) is 7.11 Å². The number of benzene rings is 1. The van der Waals surface area contributed by atoms with E-state index in [4.69, 9.17) is 10.5 Å². The van der Waals surface area contributed by atoms with E-state index in [1.165, 1.54) is 0 Å². The second-order valence-electron chi connectivity index (χ2n) is 5.30. The first-order valence-corrected chi connectivity index (χ1v) is 6.97. The van der Waals surface area contributed by atoms with E-state index in [0.717, 1.165) is 30.8 Å². The first kappa shape index (κ1) is 14.6. The van der Waals surface area contributed by atoms with Gasteiger partial charge in [-0.2, -0.15) is 0 Å². The zero-order valence-corrected chi connectivity index (χ0v) is 12.1. The Morgan fingerprint density at radius 1 is 1.45 bits per heavy atom. The van der Waals surface area contributed by atoms with Crippen molar-refractivity contribution in [2.75, 3.05) is 20.2 Å². The maximum Gasteiger partial charge on any atom is 0.246 e. The minimum atomic E-state index is 0.0592. The van der Waals surface area contributed by atoms with Crippen LogP contribution < -0.4 is 10.5 Å². The number of hydrogen-bond donors (Lipinski definition) is 1. The number of hydrogen-bond acceptors (Lipinski definition) is 3. The lowest BCUT2D eigenvalue weighted by Crippen LogP contribution is -2.32. The second-order valence-corrected chi connectivity index (χ2v) is 5.30. The Morgan fingerprint density at radius 2 is 2.15 bits per heavy atom. The third-order valence-corrected chi connectivity index (χ3v) is 3.81. The molecule has 4 nitrogen and oxygen atoms in total. The Morgan fingerprint density at radius 3 is 2.70 bits per heavy atom. The number of carbonyl (C=O) groups is 1. The van der Waals surface area contributed by atoms with Gasteiger partial charge >= 0.3 is 0 Å². The minimum Gasteiger partial charge on any atom is -0.497 e. The summed E-state index contributed by atoms with van der Waals surface area (Å²) in [6, 6.07) is 7.77. The molecule has 0 spiro atoms. The van der Waals surface area contributed by atoms with E-state index in [9.17, 15) is 4.79 Å². The van der Waals surface area contributed by atoms with Crippen LogP contribution in [-0.4, -0.2) is 37.0 Å². The van der Waals surface area contributed by atoms with Crippen molar-refractivity contribution < 1.29 is 9.53 Å². The van der Waals surface area contributed by atoms with Gasteiger partial charge in [0.1, 0.15) is 5.75 Å². The Labute approximate surface area is 120 Å². The smallest absolute Gasteiger partial charge is 0.246 e. The fraction of sp³-hybridized carbons (Fsp3) is 0.438. The second kappa shape index (κ2) is 6.57. The lowest BCUT2D eigenvalue weighted by Gasteiger charge is -2.16. The molecule has 2 rings (SSSR count). The Hall–Kier alpha value is -1.81. The molecule has 1 fully saturated rings. The van der Waals surface area contributed by atoms with Gasteiger partial charge in [-0.15, -0.1) is 0 Å². The number of carbonyl (C=O) groups excluding carboxylic acids is 1. The average molecular weight is 274 g/mol. The molecule has 2 N–H and O–H groups in total. The molecule has 0 saturated carbocycles. The zero-order valence-electron chi connectivity index (χ0n) is 12.1. The quantitative estimate of drug-likeness (QED) is 0.853. The number of nitrogens with two attached hydrogens (primary N) is 1. The van der Waals surface area contributed by atoms with Crippen LogP contribution in [0.1, 0.15) is 18.9 Å². The highest BCUT2D eigenvalue weighted by molar-refractivity contribution is 5.92. The third kappa shape index (κ3) is 3.61. The molecule has 0 aliphatic carbocycles. The van der Waals surface area contributed by atoms with E-state index in [-0.39, 0.29) is 11.9 Å². The summed E-state index contributed by atoms with van der Waals surface area (Å²) in [7, 11) is 1.64. The number of methoxy groups -OCH3 is 1. The largest absolute Gasteiger partial charge is 0.497 e. The summed E-state index contributed by atoms with van der Waals surface area (Å²) in [5, 5.41) is 0. The number of ether oxygens (including phenoxy) is 1. The van der Waals surface area contributed by atoms with Crippen molar-refractivity contribution in [3.8, 4) is 5.75 Å². The summed E-state index contributed by atoms with van der Waals surface area (Å²) in [6.07, 6.45) is 4.46. The van der Waals surface area contributed by atoms with E-state index in [2.05, 4.69) is 0 Å². The maximum atomic E-state index is 12.1. The predicted molar refractivity (Wildman–Crippen MR) is 80.4 cm³/mol. The van der Waals surface area contributed by atoms with Crippen LogP contribution >= 0.6 is 0 Å². The monoisotopic (exact) mass is 274 g/mol. The van der Waals surface area contributed by atoms with Gasteiger partial charge in [0, 0.05) is 25.2 Å². The minimum absolute atomic E-state index is 0.0592. The highest BCUT2D eigenvalue weighted by Crippen LogP contribution is 2.19. The first-order valence-electron chi connectivity index (χ1n) is 6.97. The maximum absolute atomic E-state index is 12.1. The van der Waals surface area contributed by atoms with Gasteiger partial charge in [0.2, 0.25) is 5.91 Å². The van der Waals surface area contributed by atoms with Gasteiger partial charge in [0.25, 0.3) is 0 Å². The molecule has 108 valence electrons. The lowest BCUT2D eigenvalue weighted by atomic mass is 10.0. The van der Waals surface area contributed by atoms with Crippen LogP contribution in [0.5, 0.6) is 5.75 Å². The highest BCUT2D eigenvalue weighted by atomic mass is 16.5. The third-order valence-electron chi connectivity index (χ3n) is 3.81. The SMILES string of the molecule is COc1ccc(/C=C/C(=O)N2CCC(C(C)N)C2)cc1. The van der Waals surface area contributed by atoms with Crippen LogP contribution in [0.3, 0.4) is 0 Å². The van der Waals surface area contributed by atoms with Gasteiger partial charge in [-0.3, -0.25) is 4.79 Å². The summed E-state index contributed by atoms with van der Waals surface area (Å²) in [5.74, 6) is 1.30. The van der Waals surface area contributed by atoms with Crippen LogP contribution in [0.2, 0.25) is 0 Å². The fourth-order valence-electron chi connectivity index (χ4n) is 2.40. The van der Waals surface area contributed by atoms with Crippen LogP contribution in [0.25, 0.3) is 6.08 Å². The molecule has 20 heavy (non-hydrogen) atoms. The van der Waals surface area contributed by atoms with Crippen molar-refractivity contribution in [2.45, 2.75) is 19.4 Å². The van der Waals surface area contributed by atoms with E-state index in [1.54, 1.807) is 13.2 Å². The van der Waals surface area contributed by atoms with Crippen LogP contribution in [0.4, 0.5) is 0 Å². The van der Waals surface area contributed by atoms with Crippen molar-refractivity contribution in [3.05, 3.63) is 35.9 Å². The molecular weight excluding hydrogens is 252 g/mol. The Balaban J connectivity index is 1.92. The lowest BCUT2D eigenvalue weighted by molar-refractivity contribution is -0.125. The molecule has 1 heterocycles. The summed E-state index contributed by atoms with van der Waals surface area (Å²) in [4.78, 5) is 14.0.